The smallest absolute Gasteiger partial charge is 1.00 e. The zero-order valence-electron chi connectivity index (χ0n) is 6.07. The molecule has 0 bridgehead atoms. The van der Waals surface area contributed by atoms with Crippen molar-refractivity contribution in [1.29, 1.82) is 0 Å². The first-order valence-electron chi connectivity index (χ1n) is 2.83. The van der Waals surface area contributed by atoms with Gasteiger partial charge in [-0.1, -0.05) is 13.0 Å². The van der Waals surface area contributed by atoms with E-state index in [0.717, 1.165) is 12.1 Å². The second kappa shape index (κ2) is 10.2. The maximum absolute atomic E-state index is 4.10. The van der Waals surface area contributed by atoms with Crippen molar-refractivity contribution < 1.29 is 41.9 Å². The maximum Gasteiger partial charge on any atom is 2.00 e. The van der Waals surface area contributed by atoms with Crippen LogP contribution in [0.3, 0.4) is 0 Å². The van der Waals surface area contributed by atoms with Gasteiger partial charge in [-0.15, -0.1) is 0 Å². The van der Waals surface area contributed by atoms with Gasteiger partial charge in [0.05, 0.1) is 0 Å². The molecular weight excluding hydrogens is 225 g/mol. The zero-order valence-corrected chi connectivity index (χ0v) is 8.69. The van der Waals surface area contributed by atoms with Crippen molar-refractivity contribution in [1.82, 2.24) is 4.98 Å². The van der Waals surface area contributed by atoms with E-state index in [1.54, 1.807) is 0 Å². The van der Waals surface area contributed by atoms with Crippen LogP contribution in [0.5, 0.6) is 0 Å². The molecule has 4 heteroatoms. The number of pyridine rings is 1. The molecule has 1 aromatic rings. The summed E-state index contributed by atoms with van der Waals surface area (Å²) in [4.78, 5) is 4.10. The van der Waals surface area contributed by atoms with Crippen LogP contribution in [0.25, 0.3) is 0 Å². The van der Waals surface area contributed by atoms with Gasteiger partial charge in [0.2, 0.25) is 0 Å². The molecule has 0 aromatic carbocycles. The third kappa shape index (κ3) is 6.64. The first-order chi connectivity index (χ1) is 3.93. The number of nitrogens with zero attached hydrogens (tertiary/aromatic N) is 1. The standard InChI is InChI=1S/C7H9N.2ClH.Fe/c1-2-7-5-3-4-6-8-7;;;/h3-6H,2H2,1H3;2*1H;/q;;;+2/p-2. The topological polar surface area (TPSA) is 12.9 Å². The molecule has 0 aliphatic heterocycles. The molecule has 0 atom stereocenters. The van der Waals surface area contributed by atoms with Gasteiger partial charge in [-0.25, -0.2) is 0 Å². The van der Waals surface area contributed by atoms with E-state index >= 15 is 0 Å². The van der Waals surface area contributed by atoms with Gasteiger partial charge < -0.3 is 24.8 Å². The molecule has 1 rings (SSSR count). The first-order valence-corrected chi connectivity index (χ1v) is 2.83. The SMILES string of the molecule is CCc1ccccn1.[Cl-].[Cl-].[Fe+2]. The van der Waals surface area contributed by atoms with Crippen molar-refractivity contribution in [2.45, 2.75) is 13.3 Å². The minimum absolute atomic E-state index is 0. The number of aromatic nitrogens is 1. The Morgan fingerprint density at radius 3 is 2.18 bits per heavy atom. The van der Waals surface area contributed by atoms with Gasteiger partial charge in [-0.3, -0.25) is 4.98 Å². The van der Waals surface area contributed by atoms with E-state index in [-0.39, 0.29) is 41.9 Å². The molecule has 0 fully saturated rings. The van der Waals surface area contributed by atoms with E-state index in [4.69, 9.17) is 0 Å². The number of rotatable bonds is 1. The molecule has 11 heavy (non-hydrogen) atoms. The van der Waals surface area contributed by atoms with Gasteiger partial charge in [-0.05, 0) is 18.6 Å². The molecule has 0 amide bonds. The minimum atomic E-state index is 0. The minimum Gasteiger partial charge on any atom is -1.00 e. The number of halogens is 2. The average Bonchev–Trinajstić information content (AvgIpc) is 1.90. The number of hydrogen-bond donors (Lipinski definition) is 0. The Bertz CT molecular complexity index is 158. The van der Waals surface area contributed by atoms with Gasteiger partial charge >= 0.3 is 17.1 Å². The summed E-state index contributed by atoms with van der Waals surface area (Å²) in [5, 5.41) is 0. The molecule has 64 valence electrons. The quantitative estimate of drug-likeness (QED) is 0.447. The summed E-state index contributed by atoms with van der Waals surface area (Å²) in [7, 11) is 0. The Hall–Kier alpha value is 0.249. The van der Waals surface area contributed by atoms with Crippen LogP contribution in [0.2, 0.25) is 0 Å². The summed E-state index contributed by atoms with van der Waals surface area (Å²) in [6.45, 7) is 2.10. The van der Waals surface area contributed by atoms with Gasteiger partial charge in [0.25, 0.3) is 0 Å². The molecule has 0 unspecified atom stereocenters. The van der Waals surface area contributed by atoms with Crippen molar-refractivity contribution in [2.24, 2.45) is 0 Å². The molecule has 0 aliphatic rings. The normalized spacial score (nSPS) is 6.64. The summed E-state index contributed by atoms with van der Waals surface area (Å²) < 4.78 is 0. The molecule has 0 saturated heterocycles. The molecule has 0 aliphatic carbocycles. The third-order valence-electron chi connectivity index (χ3n) is 1.09. The van der Waals surface area contributed by atoms with Crippen molar-refractivity contribution in [2.75, 3.05) is 0 Å². The van der Waals surface area contributed by atoms with Crippen LogP contribution in [0.4, 0.5) is 0 Å². The summed E-state index contributed by atoms with van der Waals surface area (Å²) in [6.07, 6.45) is 2.85. The fraction of sp³-hybridized carbons (Fsp3) is 0.286. The van der Waals surface area contributed by atoms with Crippen molar-refractivity contribution in [3.8, 4) is 0 Å². The van der Waals surface area contributed by atoms with E-state index in [9.17, 15) is 0 Å². The molecule has 1 heterocycles. The van der Waals surface area contributed by atoms with E-state index in [0.29, 0.717) is 0 Å². The largest absolute Gasteiger partial charge is 2.00 e. The summed E-state index contributed by atoms with van der Waals surface area (Å²) >= 11 is 0. The van der Waals surface area contributed by atoms with Crippen LogP contribution in [-0.4, -0.2) is 4.98 Å². The molecule has 0 N–H and O–H groups in total. The monoisotopic (exact) mass is 233 g/mol. The van der Waals surface area contributed by atoms with Gasteiger partial charge in [0.15, 0.2) is 0 Å². The van der Waals surface area contributed by atoms with Crippen LogP contribution < -0.4 is 24.8 Å². The van der Waals surface area contributed by atoms with Gasteiger partial charge in [0, 0.05) is 11.9 Å². The van der Waals surface area contributed by atoms with Crippen LogP contribution in [0.15, 0.2) is 24.4 Å². The molecule has 1 aromatic heterocycles. The Labute approximate surface area is 90.3 Å². The predicted octanol–water partition coefficient (Wildman–Crippen LogP) is -4.35. The Balaban J connectivity index is -0.000000213. The summed E-state index contributed by atoms with van der Waals surface area (Å²) in [6, 6.07) is 5.96. The van der Waals surface area contributed by atoms with Crippen LogP contribution in [0.1, 0.15) is 12.6 Å². The average molecular weight is 234 g/mol. The van der Waals surface area contributed by atoms with E-state index in [1.807, 2.05) is 24.4 Å². The Kier molecular flexibility index (Phi) is 16.2. The third-order valence-corrected chi connectivity index (χ3v) is 1.09. The fourth-order valence-corrected chi connectivity index (χ4v) is 0.607. The molecule has 1 nitrogen and oxygen atoms in total. The van der Waals surface area contributed by atoms with Crippen molar-refractivity contribution in [3.63, 3.8) is 0 Å². The zero-order chi connectivity index (χ0) is 5.82. The van der Waals surface area contributed by atoms with E-state index < -0.39 is 0 Å². The predicted molar refractivity (Wildman–Crippen MR) is 33.6 cm³/mol. The molecule has 0 radical (unpaired) electrons. The van der Waals surface area contributed by atoms with Crippen LogP contribution in [-0.2, 0) is 23.5 Å². The molecule has 0 spiro atoms. The van der Waals surface area contributed by atoms with E-state index in [1.165, 1.54) is 0 Å². The maximum atomic E-state index is 4.10. The Morgan fingerprint density at radius 1 is 1.27 bits per heavy atom. The number of aryl methyl sites for hydroxylation is 1. The molecule has 0 saturated carbocycles. The van der Waals surface area contributed by atoms with E-state index in [2.05, 4.69) is 11.9 Å². The summed E-state index contributed by atoms with van der Waals surface area (Å²) in [5.41, 5.74) is 1.16. The van der Waals surface area contributed by atoms with Crippen molar-refractivity contribution in [3.05, 3.63) is 30.1 Å². The number of hydrogen-bond acceptors (Lipinski definition) is 1. The fourth-order valence-electron chi connectivity index (χ4n) is 0.607. The first kappa shape index (κ1) is 17.4. The van der Waals surface area contributed by atoms with Gasteiger partial charge in [0.1, 0.15) is 0 Å². The van der Waals surface area contributed by atoms with Crippen LogP contribution in [0, 0.1) is 0 Å². The summed E-state index contributed by atoms with van der Waals surface area (Å²) in [5.74, 6) is 0. The Morgan fingerprint density at radius 2 is 1.91 bits per heavy atom. The van der Waals surface area contributed by atoms with Crippen LogP contribution >= 0.6 is 0 Å². The van der Waals surface area contributed by atoms with Crippen molar-refractivity contribution >= 4 is 0 Å². The van der Waals surface area contributed by atoms with Gasteiger partial charge in [-0.2, -0.15) is 0 Å². The second-order valence-electron chi connectivity index (χ2n) is 1.67. The molecular formula is C7H9Cl2FeN. The second-order valence-corrected chi connectivity index (χ2v) is 1.67.